The molecule has 0 amide bonds. The van der Waals surface area contributed by atoms with Crippen molar-refractivity contribution in [3.8, 4) is 39.5 Å². The lowest BCUT2D eigenvalue weighted by Gasteiger charge is -2.29. The fourth-order valence-corrected chi connectivity index (χ4v) is 4.62. The third-order valence-electron chi connectivity index (χ3n) is 6.60. The molecule has 1 aromatic heterocycles. The standard InChI is InChI=1S/C27H32N2O3/c1-18-23(21-8-6-19(7-9-21)20-10-12-29(2)13-11-20)16-28-17-24(18)22-14-25(30-3)27(32-5)26(15-22)31-4/h6-9,14-17,20H,10-13H2,1-5H3. The molecule has 1 fully saturated rings. The molecule has 32 heavy (non-hydrogen) atoms. The second-order valence-electron chi connectivity index (χ2n) is 8.47. The molecule has 5 nitrogen and oxygen atoms in total. The zero-order valence-corrected chi connectivity index (χ0v) is 19.6. The predicted octanol–water partition coefficient (Wildman–Crippen LogP) is 5.56. The number of aromatic nitrogens is 1. The molecule has 4 rings (SSSR count). The lowest BCUT2D eigenvalue weighted by Crippen LogP contribution is -2.29. The van der Waals surface area contributed by atoms with E-state index in [9.17, 15) is 0 Å². The van der Waals surface area contributed by atoms with Crippen LogP contribution in [0.15, 0.2) is 48.8 Å². The molecule has 3 aromatic rings. The molecule has 0 radical (unpaired) electrons. The number of nitrogens with zero attached hydrogens (tertiary/aromatic N) is 2. The van der Waals surface area contributed by atoms with E-state index in [0.29, 0.717) is 23.2 Å². The maximum absolute atomic E-state index is 5.54. The van der Waals surface area contributed by atoms with Gasteiger partial charge in [0.2, 0.25) is 5.75 Å². The van der Waals surface area contributed by atoms with E-state index in [4.69, 9.17) is 14.2 Å². The Labute approximate surface area is 191 Å². The van der Waals surface area contributed by atoms with Crippen LogP contribution in [-0.2, 0) is 0 Å². The van der Waals surface area contributed by atoms with Crippen molar-refractivity contribution in [1.29, 1.82) is 0 Å². The largest absolute Gasteiger partial charge is 0.493 e. The van der Waals surface area contributed by atoms with E-state index in [-0.39, 0.29) is 0 Å². The average Bonchev–Trinajstić information content (AvgIpc) is 2.84. The molecule has 0 saturated carbocycles. The summed E-state index contributed by atoms with van der Waals surface area (Å²) >= 11 is 0. The topological polar surface area (TPSA) is 43.8 Å². The van der Waals surface area contributed by atoms with Crippen molar-refractivity contribution in [2.45, 2.75) is 25.7 Å². The minimum absolute atomic E-state index is 0.588. The number of hydrogen-bond acceptors (Lipinski definition) is 5. The quantitative estimate of drug-likeness (QED) is 0.510. The predicted molar refractivity (Wildman–Crippen MR) is 129 cm³/mol. The van der Waals surface area contributed by atoms with Crippen molar-refractivity contribution in [1.82, 2.24) is 9.88 Å². The summed E-state index contributed by atoms with van der Waals surface area (Å²) in [5.41, 5.74) is 6.94. The number of rotatable bonds is 6. The average molecular weight is 433 g/mol. The second-order valence-corrected chi connectivity index (χ2v) is 8.47. The first kappa shape index (κ1) is 22.2. The number of piperidine rings is 1. The van der Waals surface area contributed by atoms with Crippen LogP contribution in [0.5, 0.6) is 17.2 Å². The highest BCUT2D eigenvalue weighted by Crippen LogP contribution is 2.42. The van der Waals surface area contributed by atoms with Gasteiger partial charge in [-0.05, 0) is 80.2 Å². The lowest BCUT2D eigenvalue weighted by molar-refractivity contribution is 0.255. The lowest BCUT2D eigenvalue weighted by atomic mass is 9.88. The Morgan fingerprint density at radius 2 is 1.38 bits per heavy atom. The highest BCUT2D eigenvalue weighted by molar-refractivity contribution is 5.79. The van der Waals surface area contributed by atoms with Crippen molar-refractivity contribution in [2.24, 2.45) is 0 Å². The molecule has 0 spiro atoms. The summed E-state index contributed by atoms with van der Waals surface area (Å²) in [7, 11) is 7.09. The van der Waals surface area contributed by atoms with Gasteiger partial charge in [0.25, 0.3) is 0 Å². The molecule has 5 heteroatoms. The molecule has 168 valence electrons. The van der Waals surface area contributed by atoms with E-state index in [1.165, 1.54) is 42.6 Å². The van der Waals surface area contributed by atoms with Crippen molar-refractivity contribution >= 4 is 0 Å². The van der Waals surface area contributed by atoms with E-state index >= 15 is 0 Å². The van der Waals surface area contributed by atoms with E-state index < -0.39 is 0 Å². The number of hydrogen-bond donors (Lipinski definition) is 0. The first-order valence-corrected chi connectivity index (χ1v) is 11.1. The number of methoxy groups -OCH3 is 3. The third kappa shape index (κ3) is 4.30. The third-order valence-corrected chi connectivity index (χ3v) is 6.60. The van der Waals surface area contributed by atoms with Crippen LogP contribution in [0.1, 0.15) is 29.9 Å². The minimum Gasteiger partial charge on any atom is -0.493 e. The Morgan fingerprint density at radius 3 is 1.91 bits per heavy atom. The van der Waals surface area contributed by atoms with Crippen LogP contribution >= 0.6 is 0 Å². The van der Waals surface area contributed by atoms with Crippen molar-refractivity contribution < 1.29 is 14.2 Å². The Hall–Kier alpha value is -3.05. The SMILES string of the molecule is COc1cc(-c2cncc(-c3ccc(C4CCN(C)CC4)cc3)c2C)cc(OC)c1OC. The summed E-state index contributed by atoms with van der Waals surface area (Å²) in [6, 6.07) is 13.0. The summed E-state index contributed by atoms with van der Waals surface area (Å²) in [6.45, 7) is 4.49. The first-order valence-electron chi connectivity index (χ1n) is 11.1. The molecule has 0 unspecified atom stereocenters. The molecule has 1 saturated heterocycles. The number of benzene rings is 2. The molecule has 1 aliphatic heterocycles. The van der Waals surface area contributed by atoms with Crippen LogP contribution in [0.4, 0.5) is 0 Å². The van der Waals surface area contributed by atoms with Gasteiger partial charge in [-0.3, -0.25) is 4.98 Å². The molecule has 0 N–H and O–H groups in total. The van der Waals surface area contributed by atoms with Gasteiger partial charge in [-0.1, -0.05) is 24.3 Å². The number of ether oxygens (including phenoxy) is 3. The van der Waals surface area contributed by atoms with Crippen LogP contribution in [0.3, 0.4) is 0 Å². The van der Waals surface area contributed by atoms with Gasteiger partial charge in [0.15, 0.2) is 11.5 Å². The van der Waals surface area contributed by atoms with Gasteiger partial charge >= 0.3 is 0 Å². The number of likely N-dealkylation sites (tertiary alicyclic amines) is 1. The molecule has 0 aliphatic carbocycles. The Kier molecular flexibility index (Phi) is 6.66. The molecular formula is C27H32N2O3. The summed E-state index contributed by atoms with van der Waals surface area (Å²) in [5.74, 6) is 2.51. The van der Waals surface area contributed by atoms with E-state index in [1.54, 1.807) is 21.3 Å². The van der Waals surface area contributed by atoms with Crippen LogP contribution in [-0.4, -0.2) is 51.4 Å². The zero-order valence-electron chi connectivity index (χ0n) is 19.6. The van der Waals surface area contributed by atoms with Gasteiger partial charge in [-0.15, -0.1) is 0 Å². The van der Waals surface area contributed by atoms with Crippen LogP contribution in [0.2, 0.25) is 0 Å². The number of pyridine rings is 1. The van der Waals surface area contributed by atoms with Gasteiger partial charge < -0.3 is 19.1 Å². The minimum atomic E-state index is 0.588. The van der Waals surface area contributed by atoms with E-state index in [1.807, 2.05) is 24.5 Å². The van der Waals surface area contributed by atoms with Gasteiger partial charge in [0.1, 0.15) is 0 Å². The first-order chi connectivity index (χ1) is 15.5. The zero-order chi connectivity index (χ0) is 22.7. The maximum atomic E-state index is 5.54. The van der Waals surface area contributed by atoms with Crippen molar-refractivity contribution in [3.63, 3.8) is 0 Å². The highest BCUT2D eigenvalue weighted by atomic mass is 16.5. The van der Waals surface area contributed by atoms with Crippen LogP contribution in [0, 0.1) is 6.92 Å². The van der Waals surface area contributed by atoms with Gasteiger partial charge in [0.05, 0.1) is 21.3 Å². The maximum Gasteiger partial charge on any atom is 0.203 e. The Morgan fingerprint density at radius 1 is 0.812 bits per heavy atom. The van der Waals surface area contributed by atoms with Crippen molar-refractivity contribution in [2.75, 3.05) is 41.5 Å². The molecule has 1 aliphatic rings. The smallest absolute Gasteiger partial charge is 0.203 e. The highest BCUT2D eigenvalue weighted by Gasteiger charge is 2.19. The second kappa shape index (κ2) is 9.61. The summed E-state index contributed by atoms with van der Waals surface area (Å²) in [4.78, 5) is 6.97. The summed E-state index contributed by atoms with van der Waals surface area (Å²) in [6.07, 6.45) is 6.30. The summed E-state index contributed by atoms with van der Waals surface area (Å²) < 4.78 is 16.6. The van der Waals surface area contributed by atoms with Crippen molar-refractivity contribution in [3.05, 3.63) is 59.9 Å². The monoisotopic (exact) mass is 432 g/mol. The van der Waals surface area contributed by atoms with Gasteiger partial charge in [-0.2, -0.15) is 0 Å². The Balaban J connectivity index is 1.68. The van der Waals surface area contributed by atoms with Gasteiger partial charge in [-0.25, -0.2) is 0 Å². The Bertz CT molecular complexity index is 1050. The molecule has 0 atom stereocenters. The normalized spacial score (nSPS) is 14.9. The molecule has 0 bridgehead atoms. The summed E-state index contributed by atoms with van der Waals surface area (Å²) in [5, 5.41) is 0. The van der Waals surface area contributed by atoms with E-state index in [2.05, 4.69) is 48.1 Å². The fraction of sp³-hybridized carbons (Fsp3) is 0.370. The fourth-order valence-electron chi connectivity index (χ4n) is 4.62. The van der Waals surface area contributed by atoms with E-state index in [0.717, 1.165) is 16.7 Å². The van der Waals surface area contributed by atoms with Crippen LogP contribution < -0.4 is 14.2 Å². The molecular weight excluding hydrogens is 400 g/mol. The molecule has 2 heterocycles. The molecule has 2 aromatic carbocycles. The van der Waals surface area contributed by atoms with Gasteiger partial charge in [0, 0.05) is 23.5 Å². The van der Waals surface area contributed by atoms with Crippen LogP contribution in [0.25, 0.3) is 22.3 Å².